The molecule has 0 radical (unpaired) electrons. The molecule has 80 valence electrons. The first-order chi connectivity index (χ1) is 6.63. The Morgan fingerprint density at radius 1 is 1.50 bits per heavy atom. The summed E-state index contributed by atoms with van der Waals surface area (Å²) in [4.78, 5) is 0. The van der Waals surface area contributed by atoms with Gasteiger partial charge in [-0.15, -0.1) is 0 Å². The van der Waals surface area contributed by atoms with Crippen LogP contribution in [0.2, 0.25) is 0 Å². The monoisotopic (exact) mass is 261 g/mol. The van der Waals surface area contributed by atoms with Gasteiger partial charge in [-0.05, 0) is 34.0 Å². The van der Waals surface area contributed by atoms with Gasteiger partial charge in [0.1, 0.15) is 5.76 Å². The fraction of sp³-hybridized carbons (Fsp3) is 0.600. The van der Waals surface area contributed by atoms with Crippen LogP contribution >= 0.6 is 15.9 Å². The molecule has 3 nitrogen and oxygen atoms in total. The maximum absolute atomic E-state index is 9.08. The summed E-state index contributed by atoms with van der Waals surface area (Å²) in [6.45, 7) is 4.95. The number of aliphatic hydroxyl groups is 1. The van der Waals surface area contributed by atoms with Crippen molar-refractivity contribution in [1.29, 1.82) is 0 Å². The zero-order chi connectivity index (χ0) is 10.6. The minimum Gasteiger partial charge on any atom is -0.453 e. The quantitative estimate of drug-likeness (QED) is 0.854. The summed E-state index contributed by atoms with van der Waals surface area (Å²) in [5.41, 5.74) is 0. The lowest BCUT2D eigenvalue weighted by Gasteiger charge is -2.18. The highest BCUT2D eigenvalue weighted by Crippen LogP contribution is 2.14. The molecule has 1 heterocycles. The molecule has 0 bridgehead atoms. The average molecular weight is 262 g/mol. The van der Waals surface area contributed by atoms with Gasteiger partial charge < -0.3 is 14.8 Å². The summed E-state index contributed by atoms with van der Waals surface area (Å²) >= 11 is 3.24. The first-order valence-electron chi connectivity index (χ1n) is 4.72. The number of hydrogen-bond donors (Lipinski definition) is 2. The van der Waals surface area contributed by atoms with E-state index in [-0.39, 0.29) is 12.6 Å². The standard InChI is InChI=1S/C10H16BrNO2/c1-7(2)9(6-13)12-5-8-3-4-10(11)14-8/h3-4,7,9,12-13H,5-6H2,1-2H3/t9-/m1/s1. The normalized spacial score (nSPS) is 13.5. The third-order valence-electron chi connectivity index (χ3n) is 2.17. The highest BCUT2D eigenvalue weighted by Gasteiger charge is 2.11. The molecule has 2 N–H and O–H groups in total. The molecular weight excluding hydrogens is 246 g/mol. The Bertz CT molecular complexity index is 273. The second-order valence-electron chi connectivity index (χ2n) is 3.62. The van der Waals surface area contributed by atoms with Crippen molar-refractivity contribution >= 4 is 15.9 Å². The number of hydrogen-bond acceptors (Lipinski definition) is 3. The lowest BCUT2D eigenvalue weighted by atomic mass is 10.1. The number of nitrogens with one attached hydrogen (secondary N) is 1. The molecule has 1 aromatic rings. The van der Waals surface area contributed by atoms with Crippen LogP contribution in [0.1, 0.15) is 19.6 Å². The summed E-state index contributed by atoms with van der Waals surface area (Å²) < 4.78 is 6.07. The van der Waals surface area contributed by atoms with Crippen LogP contribution in [0.25, 0.3) is 0 Å². The molecule has 1 atom stereocenters. The molecule has 0 amide bonds. The molecule has 0 saturated heterocycles. The van der Waals surface area contributed by atoms with Gasteiger partial charge in [0, 0.05) is 6.04 Å². The second-order valence-corrected chi connectivity index (χ2v) is 4.40. The van der Waals surface area contributed by atoms with Gasteiger partial charge in [0.05, 0.1) is 13.2 Å². The Morgan fingerprint density at radius 3 is 2.64 bits per heavy atom. The highest BCUT2D eigenvalue weighted by atomic mass is 79.9. The molecular formula is C10H16BrNO2. The third-order valence-corrected chi connectivity index (χ3v) is 2.59. The fourth-order valence-electron chi connectivity index (χ4n) is 1.19. The zero-order valence-corrected chi connectivity index (χ0v) is 10.0. The largest absolute Gasteiger partial charge is 0.453 e. The highest BCUT2D eigenvalue weighted by molar-refractivity contribution is 9.10. The summed E-state index contributed by atoms with van der Waals surface area (Å²) in [6.07, 6.45) is 0. The number of aliphatic hydroxyl groups excluding tert-OH is 1. The number of halogens is 1. The van der Waals surface area contributed by atoms with Gasteiger partial charge in [0.2, 0.25) is 0 Å². The van der Waals surface area contributed by atoms with Gasteiger partial charge in [0.15, 0.2) is 4.67 Å². The molecule has 0 fully saturated rings. The lowest BCUT2D eigenvalue weighted by molar-refractivity contribution is 0.207. The molecule has 4 heteroatoms. The van der Waals surface area contributed by atoms with Crippen molar-refractivity contribution in [3.63, 3.8) is 0 Å². The van der Waals surface area contributed by atoms with Crippen LogP contribution in [0.15, 0.2) is 21.2 Å². The van der Waals surface area contributed by atoms with Gasteiger partial charge in [-0.1, -0.05) is 13.8 Å². The van der Waals surface area contributed by atoms with Crippen molar-refractivity contribution < 1.29 is 9.52 Å². The van der Waals surface area contributed by atoms with E-state index in [0.717, 1.165) is 10.4 Å². The summed E-state index contributed by atoms with van der Waals surface area (Å²) in [5.74, 6) is 1.29. The lowest BCUT2D eigenvalue weighted by Crippen LogP contribution is -2.36. The van der Waals surface area contributed by atoms with Crippen molar-refractivity contribution in [2.24, 2.45) is 5.92 Å². The van der Waals surface area contributed by atoms with E-state index in [0.29, 0.717) is 12.5 Å². The molecule has 1 rings (SSSR count). The molecule has 14 heavy (non-hydrogen) atoms. The second kappa shape index (κ2) is 5.53. The van der Waals surface area contributed by atoms with Crippen LogP contribution in [0.5, 0.6) is 0 Å². The smallest absolute Gasteiger partial charge is 0.169 e. The Hall–Kier alpha value is -0.320. The first kappa shape index (κ1) is 11.8. The SMILES string of the molecule is CC(C)[C@@H](CO)NCc1ccc(Br)o1. The van der Waals surface area contributed by atoms with Crippen molar-refractivity contribution in [3.05, 3.63) is 22.6 Å². The molecule has 0 aliphatic rings. The van der Waals surface area contributed by atoms with E-state index in [2.05, 4.69) is 35.1 Å². The predicted octanol–water partition coefficient (Wildman–Crippen LogP) is 2.15. The van der Waals surface area contributed by atoms with Crippen LogP contribution in [0.3, 0.4) is 0 Å². The Morgan fingerprint density at radius 2 is 2.21 bits per heavy atom. The maximum atomic E-state index is 9.08. The van der Waals surface area contributed by atoms with E-state index in [9.17, 15) is 0 Å². The van der Waals surface area contributed by atoms with Gasteiger partial charge in [-0.25, -0.2) is 0 Å². The van der Waals surface area contributed by atoms with E-state index in [1.807, 2.05) is 12.1 Å². The van der Waals surface area contributed by atoms with Crippen LogP contribution in [0.4, 0.5) is 0 Å². The van der Waals surface area contributed by atoms with E-state index < -0.39 is 0 Å². The average Bonchev–Trinajstić information content (AvgIpc) is 2.52. The van der Waals surface area contributed by atoms with E-state index in [1.54, 1.807) is 0 Å². The van der Waals surface area contributed by atoms with Crippen LogP contribution < -0.4 is 5.32 Å². The molecule has 0 spiro atoms. The van der Waals surface area contributed by atoms with E-state index in [1.165, 1.54) is 0 Å². The Balaban J connectivity index is 2.39. The van der Waals surface area contributed by atoms with E-state index in [4.69, 9.17) is 9.52 Å². The molecule has 0 saturated carbocycles. The van der Waals surface area contributed by atoms with Gasteiger partial charge in [-0.3, -0.25) is 0 Å². The van der Waals surface area contributed by atoms with E-state index >= 15 is 0 Å². The van der Waals surface area contributed by atoms with Crippen LogP contribution in [-0.4, -0.2) is 17.8 Å². The zero-order valence-electron chi connectivity index (χ0n) is 8.46. The number of furan rings is 1. The molecule has 0 aromatic carbocycles. The van der Waals surface area contributed by atoms with Crippen molar-refractivity contribution in [2.75, 3.05) is 6.61 Å². The fourth-order valence-corrected chi connectivity index (χ4v) is 1.53. The van der Waals surface area contributed by atoms with Gasteiger partial charge in [0.25, 0.3) is 0 Å². The Labute approximate surface area is 92.6 Å². The molecule has 0 unspecified atom stereocenters. The predicted molar refractivity (Wildman–Crippen MR) is 59.0 cm³/mol. The minimum atomic E-state index is 0.124. The van der Waals surface area contributed by atoms with Crippen molar-refractivity contribution in [1.82, 2.24) is 5.32 Å². The molecule has 0 aliphatic heterocycles. The summed E-state index contributed by atoms with van der Waals surface area (Å²) in [6, 6.07) is 3.89. The first-order valence-corrected chi connectivity index (χ1v) is 5.51. The minimum absolute atomic E-state index is 0.124. The topological polar surface area (TPSA) is 45.4 Å². The molecule has 1 aromatic heterocycles. The van der Waals surface area contributed by atoms with Crippen molar-refractivity contribution in [2.45, 2.75) is 26.4 Å². The Kier molecular flexibility index (Phi) is 4.65. The van der Waals surface area contributed by atoms with Gasteiger partial charge in [-0.2, -0.15) is 0 Å². The van der Waals surface area contributed by atoms with Crippen LogP contribution in [-0.2, 0) is 6.54 Å². The summed E-state index contributed by atoms with van der Waals surface area (Å²) in [5, 5.41) is 12.3. The molecule has 0 aliphatic carbocycles. The van der Waals surface area contributed by atoms with Crippen LogP contribution in [0, 0.1) is 5.92 Å². The number of rotatable bonds is 5. The summed E-state index contributed by atoms with van der Waals surface area (Å²) in [7, 11) is 0. The maximum Gasteiger partial charge on any atom is 0.169 e. The third kappa shape index (κ3) is 3.44. The van der Waals surface area contributed by atoms with Crippen molar-refractivity contribution in [3.8, 4) is 0 Å². The van der Waals surface area contributed by atoms with Gasteiger partial charge >= 0.3 is 0 Å².